The Morgan fingerprint density at radius 1 is 0.870 bits per heavy atom. The van der Waals surface area contributed by atoms with Crippen LogP contribution < -0.4 is 15.6 Å². The van der Waals surface area contributed by atoms with Crippen molar-refractivity contribution in [3.05, 3.63) is 84.2 Å². The summed E-state index contributed by atoms with van der Waals surface area (Å²) >= 11 is 0. The average molecular weight is 317 g/mol. The number of hydrogen-bond acceptors (Lipinski definition) is 2. The third-order valence-electron chi connectivity index (χ3n) is 5.23. The van der Waals surface area contributed by atoms with Crippen molar-refractivity contribution < 1.29 is 5.11 Å². The molecule has 4 rings (SSSR count). The first-order valence-electron chi connectivity index (χ1n) is 7.89. The van der Waals surface area contributed by atoms with Gasteiger partial charge in [-0.25, -0.2) is 0 Å². The third kappa shape index (κ3) is 1.87. The molecular formula is C20H19NOSi. The third-order valence-corrected chi connectivity index (χ3v) is 9.74. The fourth-order valence-corrected chi connectivity index (χ4v) is 8.26. The predicted octanol–water partition coefficient (Wildman–Crippen LogP) is 1.75. The van der Waals surface area contributed by atoms with Crippen molar-refractivity contribution in [1.29, 1.82) is 0 Å². The Bertz CT molecular complexity index is 824. The van der Waals surface area contributed by atoms with Crippen LogP contribution >= 0.6 is 0 Å². The molecular weight excluding hydrogens is 298 g/mol. The molecule has 0 aliphatic carbocycles. The molecule has 0 saturated carbocycles. The van der Waals surface area contributed by atoms with Crippen molar-refractivity contribution in [2.24, 2.45) is 0 Å². The van der Waals surface area contributed by atoms with Gasteiger partial charge in [0.1, 0.15) is 13.7 Å². The van der Waals surface area contributed by atoms with E-state index in [9.17, 15) is 5.11 Å². The van der Waals surface area contributed by atoms with Crippen LogP contribution in [0.2, 0.25) is 6.55 Å². The van der Waals surface area contributed by atoms with Gasteiger partial charge in [-0.1, -0.05) is 61.1 Å². The molecule has 0 saturated heterocycles. The van der Waals surface area contributed by atoms with E-state index >= 15 is 0 Å². The van der Waals surface area contributed by atoms with Crippen LogP contribution in [0.1, 0.15) is 18.1 Å². The van der Waals surface area contributed by atoms with Crippen molar-refractivity contribution in [2.45, 2.75) is 19.1 Å². The number of aliphatic hydroxyl groups is 1. The zero-order chi connectivity index (χ0) is 16.1. The van der Waals surface area contributed by atoms with Gasteiger partial charge in [-0.05, 0) is 34.1 Å². The highest BCUT2D eigenvalue weighted by atomic mass is 28.3. The van der Waals surface area contributed by atoms with Crippen LogP contribution in [0.25, 0.3) is 0 Å². The lowest BCUT2D eigenvalue weighted by molar-refractivity contribution is 0.103. The Kier molecular flexibility index (Phi) is 3.05. The maximum Gasteiger partial charge on any atom is 0.146 e. The summed E-state index contributed by atoms with van der Waals surface area (Å²) in [4.78, 5) is 4.29. The molecule has 2 atom stereocenters. The highest BCUT2D eigenvalue weighted by molar-refractivity contribution is 7.11. The Morgan fingerprint density at radius 2 is 1.52 bits per heavy atom. The summed E-state index contributed by atoms with van der Waals surface area (Å²) in [5, 5.41) is 15.1. The zero-order valence-electron chi connectivity index (χ0n) is 13.3. The first kappa shape index (κ1) is 14.4. The summed E-state index contributed by atoms with van der Waals surface area (Å²) in [6, 6.07) is 21.1. The van der Waals surface area contributed by atoms with Gasteiger partial charge in [-0.2, -0.15) is 0 Å². The molecule has 2 unspecified atom stereocenters. The van der Waals surface area contributed by atoms with Gasteiger partial charge in [0, 0.05) is 18.0 Å². The molecule has 1 N–H and O–H groups in total. The Balaban J connectivity index is 2.13. The Labute approximate surface area is 137 Å². The summed E-state index contributed by atoms with van der Waals surface area (Å²) in [6.07, 6.45) is 3.68. The molecule has 1 aliphatic rings. The van der Waals surface area contributed by atoms with E-state index in [0.717, 1.165) is 11.1 Å². The van der Waals surface area contributed by atoms with E-state index < -0.39 is 13.7 Å². The number of hydrogen-bond donors (Lipinski definition) is 1. The van der Waals surface area contributed by atoms with E-state index in [2.05, 4.69) is 66.1 Å². The van der Waals surface area contributed by atoms with Gasteiger partial charge in [-0.15, -0.1) is 0 Å². The van der Waals surface area contributed by atoms with Crippen LogP contribution in [-0.4, -0.2) is 18.2 Å². The monoisotopic (exact) mass is 317 g/mol. The van der Waals surface area contributed by atoms with E-state index in [1.165, 1.54) is 15.6 Å². The second-order valence-corrected chi connectivity index (χ2v) is 10.4. The molecule has 2 heterocycles. The largest absolute Gasteiger partial charge is 0.381 e. The lowest BCUT2D eigenvalue weighted by Crippen LogP contribution is -2.70. The fourth-order valence-electron chi connectivity index (χ4n) is 3.93. The van der Waals surface area contributed by atoms with E-state index in [1.54, 1.807) is 0 Å². The summed E-state index contributed by atoms with van der Waals surface area (Å²) in [5.74, 6) is 0. The van der Waals surface area contributed by atoms with Gasteiger partial charge < -0.3 is 5.11 Å². The van der Waals surface area contributed by atoms with Crippen molar-refractivity contribution in [3.8, 4) is 0 Å². The van der Waals surface area contributed by atoms with Crippen LogP contribution in [0.5, 0.6) is 0 Å². The summed E-state index contributed by atoms with van der Waals surface area (Å²) in [5.41, 5.74) is 0.955. The molecule has 3 aromatic rings. The topological polar surface area (TPSA) is 33.1 Å². The molecule has 1 aliphatic heterocycles. The molecule has 114 valence electrons. The number of benzene rings is 2. The predicted molar refractivity (Wildman–Crippen MR) is 96.3 cm³/mol. The first-order valence-corrected chi connectivity index (χ1v) is 10.4. The Morgan fingerprint density at radius 3 is 2.30 bits per heavy atom. The fraction of sp³-hybridized carbons (Fsp3) is 0.150. The quantitative estimate of drug-likeness (QED) is 0.694. The SMILES string of the molecule is CC1(O)c2ccccc2[Si](C)(c2ccccc2)c2ccncc21. The van der Waals surface area contributed by atoms with Gasteiger partial charge in [0.25, 0.3) is 0 Å². The second-order valence-electron chi connectivity index (χ2n) is 6.53. The molecule has 2 nitrogen and oxygen atoms in total. The molecule has 1 aromatic heterocycles. The molecule has 23 heavy (non-hydrogen) atoms. The van der Waals surface area contributed by atoms with E-state index in [-0.39, 0.29) is 0 Å². The highest BCUT2D eigenvalue weighted by Crippen LogP contribution is 2.32. The zero-order valence-corrected chi connectivity index (χ0v) is 14.3. The molecule has 0 amide bonds. The van der Waals surface area contributed by atoms with Crippen LogP contribution in [0.15, 0.2) is 73.1 Å². The lowest BCUT2D eigenvalue weighted by Gasteiger charge is -2.43. The number of fused-ring (bicyclic) bond motifs is 2. The van der Waals surface area contributed by atoms with Gasteiger partial charge in [0.05, 0.1) is 0 Å². The second kappa shape index (κ2) is 4.88. The number of pyridine rings is 1. The van der Waals surface area contributed by atoms with Crippen LogP contribution in [0, 0.1) is 0 Å². The molecule has 0 bridgehead atoms. The smallest absolute Gasteiger partial charge is 0.146 e. The van der Waals surface area contributed by atoms with Crippen molar-refractivity contribution in [1.82, 2.24) is 4.98 Å². The molecule has 0 spiro atoms. The Hall–Kier alpha value is -2.23. The highest BCUT2D eigenvalue weighted by Gasteiger charge is 2.47. The minimum Gasteiger partial charge on any atom is -0.381 e. The van der Waals surface area contributed by atoms with Gasteiger partial charge in [0.15, 0.2) is 0 Å². The van der Waals surface area contributed by atoms with Crippen molar-refractivity contribution in [3.63, 3.8) is 0 Å². The van der Waals surface area contributed by atoms with Crippen molar-refractivity contribution in [2.75, 3.05) is 0 Å². The first-order chi connectivity index (χ1) is 11.1. The van der Waals surface area contributed by atoms with Gasteiger partial charge >= 0.3 is 0 Å². The van der Waals surface area contributed by atoms with Crippen LogP contribution in [0.3, 0.4) is 0 Å². The average Bonchev–Trinajstić information content (AvgIpc) is 2.61. The molecule has 3 heteroatoms. The normalized spacial score (nSPS) is 25.5. The lowest BCUT2D eigenvalue weighted by atomic mass is 9.88. The summed E-state index contributed by atoms with van der Waals surface area (Å²) in [6.45, 7) is 4.25. The minimum absolute atomic E-state index is 0.941. The van der Waals surface area contributed by atoms with Crippen LogP contribution in [0.4, 0.5) is 0 Å². The number of nitrogens with zero attached hydrogens (tertiary/aromatic N) is 1. The van der Waals surface area contributed by atoms with Gasteiger partial charge in [-0.3, -0.25) is 4.98 Å². The van der Waals surface area contributed by atoms with E-state index in [4.69, 9.17) is 0 Å². The summed E-state index contributed by atoms with van der Waals surface area (Å²) in [7, 11) is -2.14. The van der Waals surface area contributed by atoms with Crippen LogP contribution in [-0.2, 0) is 5.60 Å². The van der Waals surface area contributed by atoms with Crippen molar-refractivity contribution >= 4 is 23.6 Å². The van der Waals surface area contributed by atoms with Gasteiger partial charge in [0.2, 0.25) is 0 Å². The summed E-state index contributed by atoms with van der Waals surface area (Å²) < 4.78 is 0. The maximum absolute atomic E-state index is 11.2. The maximum atomic E-state index is 11.2. The standard InChI is InChI=1S/C20H19NOSi/c1-20(22)16-10-6-7-11-18(16)23(2,15-8-4-3-5-9-15)19-12-13-21-14-17(19)20/h3-14,22H,1-2H3. The molecule has 0 radical (unpaired) electrons. The number of rotatable bonds is 1. The molecule has 2 aromatic carbocycles. The van der Waals surface area contributed by atoms with E-state index in [1.807, 2.05) is 25.4 Å². The van der Waals surface area contributed by atoms with E-state index in [0.29, 0.717) is 0 Å². The minimum atomic E-state index is -2.14. The number of aromatic nitrogens is 1. The molecule has 0 fully saturated rings.